The molecule has 0 radical (unpaired) electrons. The minimum atomic E-state index is -3.62. The van der Waals surface area contributed by atoms with Gasteiger partial charge in [0.1, 0.15) is 11.8 Å². The molecule has 8 nitrogen and oxygen atoms in total. The first-order chi connectivity index (χ1) is 17.0. The predicted octanol–water partition coefficient (Wildman–Crippen LogP) is 4.23. The van der Waals surface area contributed by atoms with Gasteiger partial charge in [0.2, 0.25) is 21.8 Å². The molecule has 0 saturated heterocycles. The molecule has 0 aliphatic heterocycles. The van der Waals surface area contributed by atoms with Crippen molar-refractivity contribution in [1.82, 2.24) is 10.2 Å². The zero-order valence-electron chi connectivity index (χ0n) is 21.5. The minimum absolute atomic E-state index is 0.00623. The number of hydrogen-bond acceptors (Lipinski definition) is 5. The van der Waals surface area contributed by atoms with Crippen molar-refractivity contribution in [2.45, 2.75) is 58.7 Å². The van der Waals surface area contributed by atoms with Crippen LogP contribution < -0.4 is 14.4 Å². The lowest BCUT2D eigenvalue weighted by Crippen LogP contribution is -2.49. The predicted molar refractivity (Wildman–Crippen MR) is 144 cm³/mol. The van der Waals surface area contributed by atoms with Gasteiger partial charge < -0.3 is 15.0 Å². The maximum atomic E-state index is 13.3. The maximum absolute atomic E-state index is 13.3. The zero-order chi connectivity index (χ0) is 26.9. The van der Waals surface area contributed by atoms with Gasteiger partial charge in [0.15, 0.2) is 0 Å². The van der Waals surface area contributed by atoms with Crippen LogP contribution in [0.1, 0.15) is 45.6 Å². The quantitative estimate of drug-likeness (QED) is 0.412. The van der Waals surface area contributed by atoms with E-state index in [0.29, 0.717) is 11.4 Å². The summed E-state index contributed by atoms with van der Waals surface area (Å²) in [5.74, 6) is -0.0172. The molecular formula is C26H36ClN3O5S. The van der Waals surface area contributed by atoms with Gasteiger partial charge in [0.05, 0.1) is 24.1 Å². The van der Waals surface area contributed by atoms with Crippen LogP contribution in [0.3, 0.4) is 0 Å². The first kappa shape index (κ1) is 29.5. The molecule has 0 aromatic heterocycles. The summed E-state index contributed by atoms with van der Waals surface area (Å²) >= 11 is 6.19. The fourth-order valence-corrected chi connectivity index (χ4v) is 4.85. The number of amides is 2. The van der Waals surface area contributed by atoms with Crippen molar-refractivity contribution < 1.29 is 22.7 Å². The molecule has 2 amide bonds. The molecule has 0 unspecified atom stereocenters. The van der Waals surface area contributed by atoms with E-state index in [-0.39, 0.29) is 48.8 Å². The smallest absolute Gasteiger partial charge is 0.242 e. The summed E-state index contributed by atoms with van der Waals surface area (Å²) < 4.78 is 31.3. The molecule has 0 spiro atoms. The molecule has 2 rings (SSSR count). The van der Waals surface area contributed by atoms with Crippen LogP contribution >= 0.6 is 11.6 Å². The normalized spacial score (nSPS) is 12.9. The van der Waals surface area contributed by atoms with Gasteiger partial charge in [0, 0.05) is 25.6 Å². The van der Waals surface area contributed by atoms with E-state index in [2.05, 4.69) is 5.32 Å². The van der Waals surface area contributed by atoms with Crippen LogP contribution in [0.4, 0.5) is 5.69 Å². The molecule has 10 heteroatoms. The highest BCUT2D eigenvalue weighted by atomic mass is 35.5. The van der Waals surface area contributed by atoms with Crippen LogP contribution in [0.15, 0.2) is 48.5 Å². The minimum Gasteiger partial charge on any atom is -0.495 e. The van der Waals surface area contributed by atoms with Gasteiger partial charge in [-0.15, -0.1) is 0 Å². The lowest BCUT2D eigenvalue weighted by atomic mass is 10.1. The molecule has 2 aromatic carbocycles. The monoisotopic (exact) mass is 537 g/mol. The number of benzene rings is 2. The summed E-state index contributed by atoms with van der Waals surface area (Å²) in [6.45, 7) is 5.96. The average Bonchev–Trinajstić information content (AvgIpc) is 2.84. The Kier molecular flexibility index (Phi) is 11.0. The first-order valence-corrected chi connectivity index (χ1v) is 14.2. The van der Waals surface area contributed by atoms with Crippen LogP contribution in [-0.2, 0) is 26.2 Å². The van der Waals surface area contributed by atoms with Crippen LogP contribution in [0.2, 0.25) is 5.02 Å². The Morgan fingerprint density at radius 2 is 1.78 bits per heavy atom. The molecule has 0 bridgehead atoms. The second-order valence-corrected chi connectivity index (χ2v) is 11.1. The Morgan fingerprint density at radius 1 is 1.11 bits per heavy atom. The molecule has 0 saturated carbocycles. The number of anilines is 1. The molecule has 2 aromatic rings. The van der Waals surface area contributed by atoms with Gasteiger partial charge >= 0.3 is 0 Å². The number of sulfonamides is 1. The third-order valence-corrected chi connectivity index (χ3v) is 7.43. The molecule has 2 atom stereocenters. The van der Waals surface area contributed by atoms with E-state index < -0.39 is 16.1 Å². The van der Waals surface area contributed by atoms with Gasteiger partial charge in [-0.3, -0.25) is 13.9 Å². The number of hydrogen-bond donors (Lipinski definition) is 1. The van der Waals surface area contributed by atoms with Crippen molar-refractivity contribution in [3.8, 4) is 5.75 Å². The largest absolute Gasteiger partial charge is 0.495 e. The fourth-order valence-electron chi connectivity index (χ4n) is 3.64. The summed E-state index contributed by atoms with van der Waals surface area (Å²) in [5, 5.41) is 3.22. The summed E-state index contributed by atoms with van der Waals surface area (Å²) in [6, 6.07) is 13.5. The fraction of sp³-hybridized carbons (Fsp3) is 0.462. The van der Waals surface area contributed by atoms with Crippen molar-refractivity contribution in [3.63, 3.8) is 0 Å². The van der Waals surface area contributed by atoms with Gasteiger partial charge in [0.25, 0.3) is 0 Å². The highest BCUT2D eigenvalue weighted by Gasteiger charge is 2.27. The number of rotatable bonds is 13. The zero-order valence-corrected chi connectivity index (χ0v) is 23.1. The number of halogens is 1. The average molecular weight is 538 g/mol. The third-order valence-electron chi connectivity index (χ3n) is 5.94. The topological polar surface area (TPSA) is 96.0 Å². The molecule has 0 heterocycles. The first-order valence-electron chi connectivity index (χ1n) is 11.9. The van der Waals surface area contributed by atoms with Crippen molar-refractivity contribution >= 4 is 39.1 Å². The standard InChI is InChI=1S/C26H36ClN3O5S/c1-6-19(2)28-26(32)20(3)29(18-21-11-8-7-9-12-21)25(31)13-10-16-30(36(5,33)34)22-14-15-24(35-4)23(27)17-22/h7-9,11-12,14-15,17,19-20H,6,10,13,16,18H2,1-5H3,(H,28,32)/t19-,20+/m1/s1. The number of ether oxygens (including phenoxy) is 1. The van der Waals surface area contributed by atoms with E-state index in [1.807, 2.05) is 44.2 Å². The number of carbonyl (C=O) groups excluding carboxylic acids is 2. The number of methoxy groups -OCH3 is 1. The number of nitrogens with one attached hydrogen (secondary N) is 1. The van der Waals surface area contributed by atoms with Crippen molar-refractivity contribution in [1.29, 1.82) is 0 Å². The highest BCUT2D eigenvalue weighted by molar-refractivity contribution is 7.92. The Morgan fingerprint density at radius 3 is 2.33 bits per heavy atom. The summed E-state index contributed by atoms with van der Waals surface area (Å²) in [7, 11) is -2.14. The second-order valence-electron chi connectivity index (χ2n) is 8.76. The summed E-state index contributed by atoms with van der Waals surface area (Å²) in [5.41, 5.74) is 1.29. The molecule has 36 heavy (non-hydrogen) atoms. The van der Waals surface area contributed by atoms with Crippen molar-refractivity contribution in [2.75, 3.05) is 24.2 Å². The van der Waals surface area contributed by atoms with E-state index in [1.165, 1.54) is 17.5 Å². The second kappa shape index (κ2) is 13.5. The Bertz CT molecular complexity index is 1130. The van der Waals surface area contributed by atoms with Gasteiger partial charge in [-0.25, -0.2) is 8.42 Å². The summed E-state index contributed by atoms with van der Waals surface area (Å²) in [4.78, 5) is 27.7. The lowest BCUT2D eigenvalue weighted by molar-refractivity contribution is -0.140. The number of nitrogens with zero attached hydrogens (tertiary/aromatic N) is 2. The van der Waals surface area contributed by atoms with Crippen molar-refractivity contribution in [3.05, 3.63) is 59.1 Å². The van der Waals surface area contributed by atoms with E-state index in [9.17, 15) is 18.0 Å². The van der Waals surface area contributed by atoms with Gasteiger partial charge in [-0.1, -0.05) is 48.9 Å². The Labute approximate surface area is 219 Å². The number of carbonyl (C=O) groups is 2. The van der Waals surface area contributed by atoms with Crippen LogP contribution in [0, 0.1) is 0 Å². The molecule has 0 fully saturated rings. The molecule has 0 aliphatic carbocycles. The van der Waals surface area contributed by atoms with Crippen molar-refractivity contribution in [2.24, 2.45) is 0 Å². The van der Waals surface area contributed by atoms with Gasteiger partial charge in [-0.2, -0.15) is 0 Å². The summed E-state index contributed by atoms with van der Waals surface area (Å²) in [6.07, 6.45) is 2.22. The van der Waals surface area contributed by atoms with E-state index in [0.717, 1.165) is 18.2 Å². The van der Waals surface area contributed by atoms with E-state index in [4.69, 9.17) is 16.3 Å². The van der Waals surface area contributed by atoms with E-state index in [1.54, 1.807) is 24.0 Å². The van der Waals surface area contributed by atoms with E-state index >= 15 is 0 Å². The third kappa shape index (κ3) is 8.41. The van der Waals surface area contributed by atoms with Crippen LogP contribution in [-0.4, -0.2) is 57.1 Å². The Balaban J connectivity index is 2.17. The Hall–Kier alpha value is -2.78. The van der Waals surface area contributed by atoms with Gasteiger partial charge in [-0.05, 0) is 50.5 Å². The molecular weight excluding hydrogens is 502 g/mol. The SMILES string of the molecule is CC[C@@H](C)NC(=O)[C@H](C)N(Cc1ccccc1)C(=O)CCCN(c1ccc(OC)c(Cl)c1)S(C)(=O)=O. The molecule has 1 N–H and O–H groups in total. The van der Waals surface area contributed by atoms with Crippen LogP contribution in [0.5, 0.6) is 5.75 Å². The molecule has 0 aliphatic rings. The molecule has 198 valence electrons. The highest BCUT2D eigenvalue weighted by Crippen LogP contribution is 2.30. The lowest BCUT2D eigenvalue weighted by Gasteiger charge is -2.30. The van der Waals surface area contributed by atoms with Crippen LogP contribution in [0.25, 0.3) is 0 Å². The maximum Gasteiger partial charge on any atom is 0.242 e.